The first-order chi connectivity index (χ1) is 12.4. The van der Waals surface area contributed by atoms with Gasteiger partial charge in [0.1, 0.15) is 11.6 Å². The van der Waals surface area contributed by atoms with Crippen molar-refractivity contribution in [3.05, 3.63) is 59.7 Å². The number of sulfonamides is 1. The number of carbonyl (C=O) groups is 1. The molecule has 0 aliphatic carbocycles. The van der Waals surface area contributed by atoms with Crippen molar-refractivity contribution in [3.8, 4) is 0 Å². The van der Waals surface area contributed by atoms with E-state index < -0.39 is 27.6 Å². The van der Waals surface area contributed by atoms with Gasteiger partial charge >= 0.3 is 0 Å². The number of hydrogen-bond donors (Lipinski definition) is 1. The van der Waals surface area contributed by atoms with Gasteiger partial charge < -0.3 is 5.32 Å². The molecular weight excluding hydrogens is 362 g/mol. The lowest BCUT2D eigenvalue weighted by molar-refractivity contribution is 0.102. The van der Waals surface area contributed by atoms with Crippen molar-refractivity contribution in [3.63, 3.8) is 0 Å². The summed E-state index contributed by atoms with van der Waals surface area (Å²) in [6, 6.07) is 8.28. The monoisotopic (exact) mass is 380 g/mol. The van der Waals surface area contributed by atoms with Crippen molar-refractivity contribution in [2.45, 2.75) is 24.2 Å². The smallest absolute Gasteiger partial charge is 0.255 e. The number of rotatable bonds is 4. The highest BCUT2D eigenvalue weighted by molar-refractivity contribution is 7.89. The summed E-state index contributed by atoms with van der Waals surface area (Å²) in [7, 11) is -3.67. The van der Waals surface area contributed by atoms with E-state index in [1.807, 2.05) is 0 Å². The molecule has 0 bridgehead atoms. The van der Waals surface area contributed by atoms with Crippen LogP contribution in [0.1, 0.15) is 29.6 Å². The summed E-state index contributed by atoms with van der Waals surface area (Å²) in [5, 5.41) is 2.37. The molecule has 1 amide bonds. The molecule has 1 N–H and O–H groups in total. The van der Waals surface area contributed by atoms with Crippen LogP contribution in [0.3, 0.4) is 0 Å². The molecule has 1 saturated heterocycles. The Morgan fingerprint density at radius 2 is 1.62 bits per heavy atom. The Morgan fingerprint density at radius 1 is 0.962 bits per heavy atom. The summed E-state index contributed by atoms with van der Waals surface area (Å²) in [4.78, 5) is 12.4. The second-order valence-electron chi connectivity index (χ2n) is 6.10. The van der Waals surface area contributed by atoms with Gasteiger partial charge in [-0.2, -0.15) is 4.31 Å². The molecule has 26 heavy (non-hydrogen) atoms. The van der Waals surface area contributed by atoms with Gasteiger partial charge in [-0.25, -0.2) is 17.2 Å². The fourth-order valence-electron chi connectivity index (χ4n) is 2.88. The molecular formula is C18H18F2N2O3S. The van der Waals surface area contributed by atoms with Crippen LogP contribution in [0.5, 0.6) is 0 Å². The second-order valence-corrected chi connectivity index (χ2v) is 8.04. The average Bonchev–Trinajstić information content (AvgIpc) is 2.61. The number of anilines is 1. The lowest BCUT2D eigenvalue weighted by Gasteiger charge is -2.26. The highest BCUT2D eigenvalue weighted by Gasteiger charge is 2.26. The Morgan fingerprint density at radius 3 is 2.27 bits per heavy atom. The highest BCUT2D eigenvalue weighted by atomic mass is 32.2. The van der Waals surface area contributed by atoms with Gasteiger partial charge in [0.15, 0.2) is 0 Å². The van der Waals surface area contributed by atoms with E-state index in [1.165, 1.54) is 28.6 Å². The lowest BCUT2D eigenvalue weighted by Crippen LogP contribution is -2.35. The van der Waals surface area contributed by atoms with E-state index in [0.717, 1.165) is 31.4 Å². The normalized spacial score (nSPS) is 15.6. The summed E-state index contributed by atoms with van der Waals surface area (Å²) in [6.45, 7) is 0.919. The standard InChI is InChI=1S/C18H18F2N2O3S/c19-14-10-15(20)12-16(11-14)21-18(23)13-5-4-6-17(9-13)26(24,25)22-7-2-1-3-8-22/h4-6,9-12H,1-3,7-8H2,(H,21,23). The van der Waals surface area contributed by atoms with Gasteiger partial charge in [0.05, 0.1) is 4.90 Å². The third-order valence-electron chi connectivity index (χ3n) is 4.17. The SMILES string of the molecule is O=C(Nc1cc(F)cc(F)c1)c1cccc(S(=O)(=O)N2CCCCC2)c1. The molecule has 0 radical (unpaired) electrons. The Bertz CT molecular complexity index is 906. The molecule has 3 rings (SSSR count). The molecule has 1 heterocycles. The van der Waals surface area contributed by atoms with E-state index in [-0.39, 0.29) is 16.1 Å². The maximum absolute atomic E-state index is 13.2. The predicted molar refractivity (Wildman–Crippen MR) is 93.4 cm³/mol. The predicted octanol–water partition coefficient (Wildman–Crippen LogP) is 3.39. The minimum absolute atomic E-state index is 0.0254. The number of benzene rings is 2. The zero-order valence-electron chi connectivity index (χ0n) is 13.9. The van der Waals surface area contributed by atoms with E-state index >= 15 is 0 Å². The molecule has 0 atom stereocenters. The van der Waals surface area contributed by atoms with Crippen molar-refractivity contribution in [1.29, 1.82) is 0 Å². The molecule has 138 valence electrons. The van der Waals surface area contributed by atoms with Crippen LogP contribution in [-0.4, -0.2) is 31.7 Å². The van der Waals surface area contributed by atoms with Gasteiger partial charge in [0.25, 0.3) is 5.91 Å². The molecule has 1 aliphatic rings. The van der Waals surface area contributed by atoms with Crippen LogP contribution < -0.4 is 5.32 Å². The van der Waals surface area contributed by atoms with Crippen LogP contribution in [0, 0.1) is 11.6 Å². The molecule has 5 nitrogen and oxygen atoms in total. The van der Waals surface area contributed by atoms with Crippen molar-refractivity contribution in [1.82, 2.24) is 4.31 Å². The highest BCUT2D eigenvalue weighted by Crippen LogP contribution is 2.22. The van der Waals surface area contributed by atoms with Gasteiger partial charge in [-0.05, 0) is 43.2 Å². The van der Waals surface area contributed by atoms with Crippen molar-refractivity contribution in [2.24, 2.45) is 0 Å². The number of piperidine rings is 1. The topological polar surface area (TPSA) is 66.5 Å². The van der Waals surface area contributed by atoms with Gasteiger partial charge in [-0.15, -0.1) is 0 Å². The molecule has 1 aliphatic heterocycles. The quantitative estimate of drug-likeness (QED) is 0.884. The third kappa shape index (κ3) is 4.08. The number of halogens is 2. The van der Waals surface area contributed by atoms with E-state index in [2.05, 4.69) is 5.32 Å². The van der Waals surface area contributed by atoms with E-state index in [1.54, 1.807) is 0 Å². The summed E-state index contributed by atoms with van der Waals surface area (Å²) in [6.07, 6.45) is 2.62. The van der Waals surface area contributed by atoms with Gasteiger partial charge in [0.2, 0.25) is 10.0 Å². The maximum atomic E-state index is 13.2. The first-order valence-electron chi connectivity index (χ1n) is 8.24. The number of carbonyl (C=O) groups excluding carboxylic acids is 1. The first kappa shape index (κ1) is 18.5. The summed E-state index contributed by atoms with van der Waals surface area (Å²) in [5.74, 6) is -2.28. The molecule has 1 fully saturated rings. The zero-order valence-corrected chi connectivity index (χ0v) is 14.7. The van der Waals surface area contributed by atoms with Gasteiger partial charge in [-0.3, -0.25) is 4.79 Å². The molecule has 8 heteroatoms. The van der Waals surface area contributed by atoms with Gasteiger partial charge in [0, 0.05) is 30.4 Å². The van der Waals surface area contributed by atoms with Crippen molar-refractivity contribution >= 4 is 21.6 Å². The van der Waals surface area contributed by atoms with Crippen molar-refractivity contribution in [2.75, 3.05) is 18.4 Å². The van der Waals surface area contributed by atoms with E-state index in [9.17, 15) is 22.0 Å². The van der Waals surface area contributed by atoms with Crippen molar-refractivity contribution < 1.29 is 22.0 Å². The van der Waals surface area contributed by atoms with Crippen LogP contribution in [0.2, 0.25) is 0 Å². The minimum Gasteiger partial charge on any atom is -0.322 e. The Labute approximate surface area is 150 Å². The minimum atomic E-state index is -3.67. The molecule has 0 unspecified atom stereocenters. The van der Waals surface area contributed by atoms with Crippen LogP contribution in [0.25, 0.3) is 0 Å². The molecule has 2 aromatic carbocycles. The number of hydrogen-bond acceptors (Lipinski definition) is 3. The first-order valence-corrected chi connectivity index (χ1v) is 9.68. The van der Waals surface area contributed by atoms with Gasteiger partial charge in [-0.1, -0.05) is 12.5 Å². The van der Waals surface area contributed by atoms with Crippen LogP contribution in [0.15, 0.2) is 47.4 Å². The average molecular weight is 380 g/mol. The van der Waals surface area contributed by atoms with Crippen LogP contribution in [0.4, 0.5) is 14.5 Å². The summed E-state index contributed by atoms with van der Waals surface area (Å²) >= 11 is 0. The largest absolute Gasteiger partial charge is 0.322 e. The fourth-order valence-corrected chi connectivity index (χ4v) is 4.44. The summed E-state index contributed by atoms with van der Waals surface area (Å²) in [5.41, 5.74) is 0.0459. The lowest BCUT2D eigenvalue weighted by atomic mass is 10.2. The van der Waals surface area contributed by atoms with E-state index in [0.29, 0.717) is 19.2 Å². The molecule has 0 spiro atoms. The number of nitrogens with one attached hydrogen (secondary N) is 1. The summed E-state index contributed by atoms with van der Waals surface area (Å²) < 4.78 is 53.3. The Balaban J connectivity index is 1.83. The Kier molecular flexibility index (Phi) is 5.33. The van der Waals surface area contributed by atoms with Crippen LogP contribution >= 0.6 is 0 Å². The fraction of sp³-hybridized carbons (Fsp3) is 0.278. The Hall–Kier alpha value is -2.32. The molecule has 0 saturated carbocycles. The molecule has 0 aromatic heterocycles. The molecule has 2 aromatic rings. The number of amides is 1. The zero-order chi connectivity index (χ0) is 18.7. The van der Waals surface area contributed by atoms with Crippen LogP contribution in [-0.2, 0) is 10.0 Å². The van der Waals surface area contributed by atoms with E-state index in [4.69, 9.17) is 0 Å². The maximum Gasteiger partial charge on any atom is 0.255 e. The second kappa shape index (κ2) is 7.51. The third-order valence-corrected chi connectivity index (χ3v) is 6.06. The number of nitrogens with zero attached hydrogens (tertiary/aromatic N) is 1.